The zero-order chi connectivity index (χ0) is 11.7. The highest BCUT2D eigenvalue weighted by molar-refractivity contribution is 6.32. The lowest BCUT2D eigenvalue weighted by molar-refractivity contribution is 0.412. The number of methoxy groups -OCH3 is 1. The molecule has 16 heavy (non-hydrogen) atoms. The second kappa shape index (κ2) is 3.94. The van der Waals surface area contributed by atoms with Crippen molar-refractivity contribution in [3.8, 4) is 22.6 Å². The molecule has 0 saturated carbocycles. The van der Waals surface area contributed by atoms with Gasteiger partial charge in [-0.2, -0.15) is 0 Å². The highest BCUT2D eigenvalue weighted by atomic mass is 35.5. The first-order valence-electron chi connectivity index (χ1n) is 4.40. The van der Waals surface area contributed by atoms with Crippen molar-refractivity contribution >= 4 is 17.5 Å². The first-order valence-corrected chi connectivity index (χ1v) is 4.78. The van der Waals surface area contributed by atoms with E-state index in [-0.39, 0.29) is 16.7 Å². The fourth-order valence-corrected chi connectivity index (χ4v) is 1.56. The largest absolute Gasteiger partial charge is 0.506 e. The quantitative estimate of drug-likeness (QED) is 0.842. The summed E-state index contributed by atoms with van der Waals surface area (Å²) in [6, 6.07) is 3.11. The SMILES string of the molecule is COc1cc(Cl)c(O)c(-c2cnoc2N)c1. The molecule has 2 rings (SSSR count). The maximum atomic E-state index is 9.80. The number of anilines is 1. The van der Waals surface area contributed by atoms with Crippen LogP contribution in [0.25, 0.3) is 11.1 Å². The minimum Gasteiger partial charge on any atom is -0.506 e. The Morgan fingerprint density at radius 1 is 1.44 bits per heavy atom. The average Bonchev–Trinajstić information content (AvgIpc) is 2.68. The molecule has 0 spiro atoms. The Balaban J connectivity index is 2.64. The maximum absolute atomic E-state index is 9.80. The highest BCUT2D eigenvalue weighted by Gasteiger charge is 2.15. The van der Waals surface area contributed by atoms with Gasteiger partial charge in [0.1, 0.15) is 11.5 Å². The van der Waals surface area contributed by atoms with Gasteiger partial charge in [0.05, 0.1) is 23.9 Å². The van der Waals surface area contributed by atoms with Crippen molar-refractivity contribution in [1.82, 2.24) is 5.16 Å². The summed E-state index contributed by atoms with van der Waals surface area (Å²) >= 11 is 5.85. The van der Waals surface area contributed by atoms with Crippen LogP contribution >= 0.6 is 11.6 Å². The van der Waals surface area contributed by atoms with Crippen LogP contribution in [0.1, 0.15) is 0 Å². The van der Waals surface area contributed by atoms with Crippen molar-refractivity contribution in [3.05, 3.63) is 23.4 Å². The number of phenols is 1. The van der Waals surface area contributed by atoms with Crippen LogP contribution in [0.2, 0.25) is 5.02 Å². The van der Waals surface area contributed by atoms with E-state index < -0.39 is 0 Å². The maximum Gasteiger partial charge on any atom is 0.230 e. The van der Waals surface area contributed by atoms with E-state index in [1.165, 1.54) is 19.4 Å². The molecule has 0 aliphatic heterocycles. The van der Waals surface area contributed by atoms with Crippen LogP contribution in [-0.2, 0) is 0 Å². The molecule has 0 amide bonds. The van der Waals surface area contributed by atoms with Crippen molar-refractivity contribution in [2.45, 2.75) is 0 Å². The van der Waals surface area contributed by atoms with Gasteiger partial charge in [0.15, 0.2) is 0 Å². The van der Waals surface area contributed by atoms with Gasteiger partial charge in [-0.1, -0.05) is 16.8 Å². The Morgan fingerprint density at radius 2 is 2.19 bits per heavy atom. The van der Waals surface area contributed by atoms with E-state index in [9.17, 15) is 5.11 Å². The smallest absolute Gasteiger partial charge is 0.230 e. The Kier molecular flexibility index (Phi) is 2.62. The third-order valence-electron chi connectivity index (χ3n) is 2.16. The fourth-order valence-electron chi connectivity index (χ4n) is 1.35. The van der Waals surface area contributed by atoms with Crippen LogP contribution in [0.15, 0.2) is 22.9 Å². The third-order valence-corrected chi connectivity index (χ3v) is 2.45. The number of hydrogen-bond donors (Lipinski definition) is 2. The van der Waals surface area contributed by atoms with Gasteiger partial charge in [-0.25, -0.2) is 0 Å². The van der Waals surface area contributed by atoms with Gasteiger partial charge in [0.2, 0.25) is 5.88 Å². The van der Waals surface area contributed by atoms with E-state index in [0.29, 0.717) is 16.9 Å². The summed E-state index contributed by atoms with van der Waals surface area (Å²) in [5.74, 6) is 0.537. The normalized spacial score (nSPS) is 10.4. The van der Waals surface area contributed by atoms with Crippen LogP contribution in [0.3, 0.4) is 0 Å². The number of ether oxygens (including phenoxy) is 1. The predicted molar refractivity (Wildman–Crippen MR) is 59.6 cm³/mol. The molecule has 1 aromatic heterocycles. The van der Waals surface area contributed by atoms with E-state index in [0.717, 1.165) is 0 Å². The number of rotatable bonds is 2. The zero-order valence-electron chi connectivity index (χ0n) is 8.40. The van der Waals surface area contributed by atoms with Crippen molar-refractivity contribution in [3.63, 3.8) is 0 Å². The molecule has 0 atom stereocenters. The molecule has 5 nitrogen and oxygen atoms in total. The summed E-state index contributed by atoms with van der Waals surface area (Å²) in [6.07, 6.45) is 1.40. The lowest BCUT2D eigenvalue weighted by Gasteiger charge is -2.07. The minimum absolute atomic E-state index is 0.0858. The van der Waals surface area contributed by atoms with Gasteiger partial charge < -0.3 is 20.1 Å². The standard InChI is InChI=1S/C10H9ClN2O3/c1-15-5-2-6(9(14)8(11)3-5)7-4-13-16-10(7)12/h2-4,14H,12H2,1H3. The van der Waals surface area contributed by atoms with Gasteiger partial charge in [-0.3, -0.25) is 0 Å². The molecule has 84 valence electrons. The molecule has 0 fully saturated rings. The van der Waals surface area contributed by atoms with Gasteiger partial charge in [0, 0.05) is 11.6 Å². The first kappa shape index (κ1) is 10.6. The summed E-state index contributed by atoms with van der Waals surface area (Å²) in [5.41, 5.74) is 6.45. The van der Waals surface area contributed by atoms with Gasteiger partial charge >= 0.3 is 0 Å². The van der Waals surface area contributed by atoms with Gasteiger partial charge in [-0.05, 0) is 6.07 Å². The molecule has 2 aromatic rings. The van der Waals surface area contributed by atoms with Crippen LogP contribution < -0.4 is 10.5 Å². The first-order chi connectivity index (χ1) is 7.63. The van der Waals surface area contributed by atoms with E-state index in [1.807, 2.05) is 0 Å². The van der Waals surface area contributed by atoms with E-state index >= 15 is 0 Å². The second-order valence-corrected chi connectivity index (χ2v) is 3.52. The molecule has 0 aliphatic carbocycles. The fraction of sp³-hybridized carbons (Fsp3) is 0.100. The molecule has 0 radical (unpaired) electrons. The molecular formula is C10H9ClN2O3. The topological polar surface area (TPSA) is 81.5 Å². The lowest BCUT2D eigenvalue weighted by Crippen LogP contribution is -1.88. The molecule has 0 bridgehead atoms. The second-order valence-electron chi connectivity index (χ2n) is 3.11. The Bertz CT molecular complexity index is 525. The molecule has 1 heterocycles. The molecule has 3 N–H and O–H groups in total. The summed E-state index contributed by atoms with van der Waals surface area (Å²) in [4.78, 5) is 0. The molecule has 1 aromatic carbocycles. The number of nitrogens with zero attached hydrogens (tertiary/aromatic N) is 1. The monoisotopic (exact) mass is 240 g/mol. The number of aromatic nitrogens is 1. The summed E-state index contributed by atoms with van der Waals surface area (Å²) in [7, 11) is 1.50. The number of nitrogens with two attached hydrogens (primary N) is 1. The Hall–Kier alpha value is -1.88. The third kappa shape index (κ3) is 1.65. The predicted octanol–water partition coefficient (Wildman–Crippen LogP) is 2.29. The minimum atomic E-state index is -0.0858. The Morgan fingerprint density at radius 3 is 2.75 bits per heavy atom. The van der Waals surface area contributed by atoms with Gasteiger partial charge in [0.25, 0.3) is 0 Å². The van der Waals surface area contributed by atoms with E-state index in [4.69, 9.17) is 26.6 Å². The van der Waals surface area contributed by atoms with Crippen molar-refractivity contribution < 1.29 is 14.4 Å². The van der Waals surface area contributed by atoms with Crippen LogP contribution in [-0.4, -0.2) is 17.4 Å². The molecule has 6 heteroatoms. The van der Waals surface area contributed by atoms with Crippen LogP contribution in [0, 0.1) is 0 Å². The average molecular weight is 241 g/mol. The summed E-state index contributed by atoms with van der Waals surface area (Å²) in [5, 5.41) is 13.5. The number of aromatic hydroxyl groups is 1. The summed E-state index contributed by atoms with van der Waals surface area (Å²) in [6.45, 7) is 0. The number of hydrogen-bond acceptors (Lipinski definition) is 5. The summed E-state index contributed by atoms with van der Waals surface area (Å²) < 4.78 is 9.76. The Labute approximate surface area is 96.4 Å². The van der Waals surface area contributed by atoms with Gasteiger partial charge in [-0.15, -0.1) is 0 Å². The van der Waals surface area contributed by atoms with Crippen molar-refractivity contribution in [1.29, 1.82) is 0 Å². The van der Waals surface area contributed by atoms with Crippen molar-refractivity contribution in [2.24, 2.45) is 0 Å². The number of halogens is 1. The lowest BCUT2D eigenvalue weighted by atomic mass is 10.1. The number of phenolic OH excluding ortho intramolecular Hbond substituents is 1. The van der Waals surface area contributed by atoms with Crippen molar-refractivity contribution in [2.75, 3.05) is 12.8 Å². The molecule has 0 saturated heterocycles. The van der Waals surface area contributed by atoms with Crippen LogP contribution in [0.5, 0.6) is 11.5 Å². The number of nitrogen functional groups attached to an aromatic ring is 1. The van der Waals surface area contributed by atoms with Crippen LogP contribution in [0.4, 0.5) is 5.88 Å². The highest BCUT2D eigenvalue weighted by Crippen LogP contribution is 2.40. The number of benzene rings is 1. The molecule has 0 unspecified atom stereocenters. The molecule has 0 aliphatic rings. The van der Waals surface area contributed by atoms with E-state index in [1.54, 1.807) is 6.07 Å². The molecular weight excluding hydrogens is 232 g/mol. The zero-order valence-corrected chi connectivity index (χ0v) is 9.15. The van der Waals surface area contributed by atoms with E-state index in [2.05, 4.69) is 5.16 Å².